The van der Waals surface area contributed by atoms with E-state index in [4.69, 9.17) is 22.7 Å². The van der Waals surface area contributed by atoms with Gasteiger partial charge in [0.15, 0.2) is 0 Å². The molecule has 1 saturated carbocycles. The molecule has 0 radical (unpaired) electrons. The number of ether oxygens (including phenoxy) is 1. The Morgan fingerprint density at radius 1 is 1.38 bits per heavy atom. The second-order valence-electron chi connectivity index (χ2n) is 6.14. The highest BCUT2D eigenvalue weighted by Crippen LogP contribution is 2.30. The summed E-state index contributed by atoms with van der Waals surface area (Å²) in [5.74, 6) is 1.67. The van der Waals surface area contributed by atoms with E-state index >= 15 is 0 Å². The number of nitrogens with zero attached hydrogens (tertiary/aromatic N) is 1. The summed E-state index contributed by atoms with van der Waals surface area (Å²) in [5.41, 5.74) is 7.81. The van der Waals surface area contributed by atoms with Gasteiger partial charge in [-0.25, -0.2) is 0 Å². The van der Waals surface area contributed by atoms with E-state index in [1.54, 1.807) is 7.11 Å². The van der Waals surface area contributed by atoms with Crippen LogP contribution in [0.15, 0.2) is 18.2 Å². The van der Waals surface area contributed by atoms with Gasteiger partial charge in [-0.15, -0.1) is 0 Å². The molecule has 2 rings (SSSR count). The highest BCUT2D eigenvalue weighted by Gasteiger charge is 2.25. The van der Waals surface area contributed by atoms with E-state index in [-0.39, 0.29) is 0 Å². The van der Waals surface area contributed by atoms with Crippen molar-refractivity contribution in [1.29, 1.82) is 0 Å². The first-order valence-electron chi connectivity index (χ1n) is 7.70. The van der Waals surface area contributed by atoms with Crippen LogP contribution in [0.5, 0.6) is 5.75 Å². The summed E-state index contributed by atoms with van der Waals surface area (Å²) in [4.78, 5) is 2.89. The first-order valence-corrected chi connectivity index (χ1v) is 8.10. The van der Waals surface area contributed by atoms with Gasteiger partial charge < -0.3 is 10.5 Å². The maximum absolute atomic E-state index is 5.75. The first kappa shape index (κ1) is 16.2. The fraction of sp³-hybridized carbons (Fsp3) is 0.588. The van der Waals surface area contributed by atoms with Gasteiger partial charge in [-0.05, 0) is 44.0 Å². The van der Waals surface area contributed by atoms with Crippen molar-refractivity contribution in [3.05, 3.63) is 29.3 Å². The summed E-state index contributed by atoms with van der Waals surface area (Å²) in [6, 6.07) is 6.60. The zero-order chi connectivity index (χ0) is 15.4. The number of thiocarbonyl (C=S) groups is 1. The van der Waals surface area contributed by atoms with Crippen molar-refractivity contribution in [3.63, 3.8) is 0 Å². The van der Waals surface area contributed by atoms with Crippen molar-refractivity contribution in [2.75, 3.05) is 14.2 Å². The van der Waals surface area contributed by atoms with Crippen LogP contribution in [0.3, 0.4) is 0 Å². The van der Waals surface area contributed by atoms with E-state index < -0.39 is 0 Å². The van der Waals surface area contributed by atoms with E-state index in [0.29, 0.717) is 11.0 Å². The smallest absolute Gasteiger partial charge is 0.123 e. The maximum atomic E-state index is 5.75. The van der Waals surface area contributed by atoms with Crippen LogP contribution in [0.1, 0.15) is 43.7 Å². The van der Waals surface area contributed by atoms with Crippen LogP contribution in [0.2, 0.25) is 0 Å². The molecule has 0 saturated heterocycles. The number of hydrogen-bond donors (Lipinski definition) is 1. The van der Waals surface area contributed by atoms with Crippen LogP contribution in [0.25, 0.3) is 0 Å². The van der Waals surface area contributed by atoms with E-state index in [1.165, 1.54) is 25.7 Å². The molecule has 2 N–H and O–H groups in total. The Labute approximate surface area is 133 Å². The number of methoxy groups -OCH3 is 1. The lowest BCUT2D eigenvalue weighted by molar-refractivity contribution is 0.132. The second-order valence-corrected chi connectivity index (χ2v) is 6.57. The van der Waals surface area contributed by atoms with Gasteiger partial charge in [0, 0.05) is 23.7 Å². The Bertz CT molecular complexity index is 504. The molecule has 1 aromatic carbocycles. The van der Waals surface area contributed by atoms with Gasteiger partial charge in [0.2, 0.25) is 0 Å². The zero-order valence-corrected chi connectivity index (χ0v) is 14.1. The fourth-order valence-electron chi connectivity index (χ4n) is 3.39. The summed E-state index contributed by atoms with van der Waals surface area (Å²) < 4.78 is 5.48. The molecule has 0 heterocycles. The van der Waals surface area contributed by atoms with Gasteiger partial charge >= 0.3 is 0 Å². The minimum atomic E-state index is 0.438. The zero-order valence-electron chi connectivity index (χ0n) is 13.3. The first-order chi connectivity index (χ1) is 10.0. The minimum absolute atomic E-state index is 0.438. The summed E-state index contributed by atoms with van der Waals surface area (Å²) in [6.45, 7) is 3.23. The maximum Gasteiger partial charge on any atom is 0.123 e. The molecule has 3 nitrogen and oxygen atoms in total. The van der Waals surface area contributed by atoms with Crippen molar-refractivity contribution >= 4 is 17.2 Å². The predicted octanol–water partition coefficient (Wildman–Crippen LogP) is 3.34. The standard InChI is InChI=1S/C17H26N2OS/c1-12-6-4-5-7-15(12)19(2)11-14-10-13(17(18)21)8-9-16(14)20-3/h8-10,12,15H,4-7,11H2,1-3H3,(H2,18,21). The molecule has 1 aliphatic rings. The highest BCUT2D eigenvalue weighted by atomic mass is 32.1. The van der Waals surface area contributed by atoms with Crippen LogP contribution in [-0.2, 0) is 6.54 Å². The normalized spacial score (nSPS) is 22.3. The summed E-state index contributed by atoms with van der Waals surface area (Å²) in [7, 11) is 3.92. The molecular weight excluding hydrogens is 280 g/mol. The van der Waals surface area contributed by atoms with Crippen molar-refractivity contribution in [3.8, 4) is 5.75 Å². The third-order valence-corrected chi connectivity index (χ3v) is 4.85. The average molecular weight is 306 g/mol. The Morgan fingerprint density at radius 3 is 2.71 bits per heavy atom. The van der Waals surface area contributed by atoms with Crippen LogP contribution in [-0.4, -0.2) is 30.1 Å². The third kappa shape index (κ3) is 3.95. The van der Waals surface area contributed by atoms with Gasteiger partial charge in [-0.2, -0.15) is 0 Å². The average Bonchev–Trinajstić information content (AvgIpc) is 2.47. The number of benzene rings is 1. The fourth-order valence-corrected chi connectivity index (χ4v) is 3.52. The molecule has 0 bridgehead atoms. The van der Waals surface area contributed by atoms with Gasteiger partial charge in [0.1, 0.15) is 10.7 Å². The molecule has 116 valence electrons. The predicted molar refractivity (Wildman–Crippen MR) is 91.8 cm³/mol. The van der Waals surface area contributed by atoms with Crippen molar-refractivity contribution in [2.24, 2.45) is 11.7 Å². The van der Waals surface area contributed by atoms with Gasteiger partial charge in [0.05, 0.1) is 7.11 Å². The lowest BCUT2D eigenvalue weighted by Gasteiger charge is -2.36. The number of nitrogens with two attached hydrogens (primary N) is 1. The molecule has 0 aromatic heterocycles. The van der Waals surface area contributed by atoms with E-state index in [2.05, 4.69) is 24.9 Å². The molecule has 0 spiro atoms. The Morgan fingerprint density at radius 2 is 2.10 bits per heavy atom. The van der Waals surface area contributed by atoms with Crippen LogP contribution in [0.4, 0.5) is 0 Å². The van der Waals surface area contributed by atoms with E-state index in [1.807, 2.05) is 12.1 Å². The molecular formula is C17H26N2OS. The summed E-state index contributed by atoms with van der Waals surface area (Å²) in [6.07, 6.45) is 5.32. The Hall–Kier alpha value is -1.13. The van der Waals surface area contributed by atoms with Crippen molar-refractivity contribution in [2.45, 2.75) is 45.2 Å². The lowest BCUT2D eigenvalue weighted by Crippen LogP contribution is -2.38. The van der Waals surface area contributed by atoms with Crippen LogP contribution >= 0.6 is 12.2 Å². The van der Waals surface area contributed by atoms with Gasteiger partial charge in [-0.3, -0.25) is 4.90 Å². The Balaban J connectivity index is 2.16. The number of rotatable bonds is 5. The van der Waals surface area contributed by atoms with E-state index in [9.17, 15) is 0 Å². The Kier molecular flexibility index (Phi) is 5.59. The second kappa shape index (κ2) is 7.23. The summed E-state index contributed by atoms with van der Waals surface area (Å²) in [5, 5.41) is 0. The molecule has 2 atom stereocenters. The monoisotopic (exact) mass is 306 g/mol. The molecule has 0 amide bonds. The largest absolute Gasteiger partial charge is 0.496 e. The number of hydrogen-bond acceptors (Lipinski definition) is 3. The third-order valence-electron chi connectivity index (χ3n) is 4.62. The topological polar surface area (TPSA) is 38.5 Å². The molecule has 21 heavy (non-hydrogen) atoms. The molecule has 4 heteroatoms. The lowest BCUT2D eigenvalue weighted by atomic mass is 9.85. The van der Waals surface area contributed by atoms with E-state index in [0.717, 1.165) is 29.3 Å². The van der Waals surface area contributed by atoms with Crippen LogP contribution < -0.4 is 10.5 Å². The van der Waals surface area contributed by atoms with Gasteiger partial charge in [-0.1, -0.05) is 32.0 Å². The SMILES string of the molecule is COc1ccc(C(N)=S)cc1CN(C)C1CCCCC1C. The van der Waals surface area contributed by atoms with Crippen LogP contribution in [0, 0.1) is 5.92 Å². The molecule has 0 aliphatic heterocycles. The summed E-state index contributed by atoms with van der Waals surface area (Å²) >= 11 is 5.08. The van der Waals surface area contributed by atoms with Crippen molar-refractivity contribution in [1.82, 2.24) is 4.90 Å². The molecule has 1 aromatic rings. The van der Waals surface area contributed by atoms with Crippen molar-refractivity contribution < 1.29 is 4.74 Å². The molecule has 2 unspecified atom stereocenters. The quantitative estimate of drug-likeness (QED) is 0.847. The van der Waals surface area contributed by atoms with Gasteiger partial charge in [0.25, 0.3) is 0 Å². The molecule has 1 aliphatic carbocycles. The molecule has 1 fully saturated rings. The minimum Gasteiger partial charge on any atom is -0.496 e. The highest BCUT2D eigenvalue weighted by molar-refractivity contribution is 7.80.